The number of hydrogen-bond acceptors (Lipinski definition) is 1. The summed E-state index contributed by atoms with van der Waals surface area (Å²) in [6.07, 6.45) is -4.26. The van der Waals surface area contributed by atoms with E-state index in [9.17, 15) is 18.0 Å². The second kappa shape index (κ2) is 7.54. The summed E-state index contributed by atoms with van der Waals surface area (Å²) < 4.78 is 35.8. The first kappa shape index (κ1) is 20.3. The number of alkyl halides is 3. The Hall–Kier alpha value is -1.03. The van der Waals surface area contributed by atoms with Gasteiger partial charge in [0.05, 0.1) is 5.41 Å². The van der Waals surface area contributed by atoms with Crippen LogP contribution in [0.2, 0.25) is 0 Å². The Bertz CT molecular complexity index is 409. The van der Waals surface area contributed by atoms with Crippen LogP contribution in [-0.2, 0) is 30.4 Å². The van der Waals surface area contributed by atoms with Crippen molar-refractivity contribution in [1.29, 1.82) is 0 Å². The van der Waals surface area contributed by atoms with E-state index in [1.165, 1.54) is 12.1 Å². The van der Waals surface area contributed by atoms with E-state index in [0.717, 1.165) is 12.1 Å². The topological polar surface area (TPSA) is 37.3 Å². The van der Waals surface area contributed by atoms with Crippen molar-refractivity contribution in [2.24, 2.45) is 5.41 Å². The first-order chi connectivity index (χ1) is 7.94. The summed E-state index contributed by atoms with van der Waals surface area (Å²) >= 11 is 0. The van der Waals surface area contributed by atoms with Gasteiger partial charge in [0, 0.05) is 19.5 Å². The van der Waals surface area contributed by atoms with Crippen molar-refractivity contribution in [3.63, 3.8) is 0 Å². The van der Waals surface area contributed by atoms with E-state index in [0.29, 0.717) is 5.56 Å². The average Bonchev–Trinajstić information content (AvgIpc) is 2.15. The molecule has 0 amide bonds. The molecule has 19 heavy (non-hydrogen) atoms. The first-order valence-corrected chi connectivity index (χ1v) is 5.17. The summed E-state index contributed by atoms with van der Waals surface area (Å²) in [6, 6.07) is 4.90. The van der Waals surface area contributed by atoms with Crippen LogP contribution < -0.4 is 0 Å². The maximum absolute atomic E-state index is 11.9. The number of carboxylic acid groups (broad SMARTS) is 1. The van der Waals surface area contributed by atoms with Gasteiger partial charge in [-0.2, -0.15) is 37.8 Å². The average molecular weight is 327 g/mol. The van der Waals surface area contributed by atoms with Crippen LogP contribution in [0.1, 0.15) is 31.9 Å². The van der Waals surface area contributed by atoms with Crippen LogP contribution in [0.5, 0.6) is 0 Å². The minimum Gasteiger partial charge on any atom is -0.481 e. The summed E-state index contributed by atoms with van der Waals surface area (Å²) in [6.45, 7) is 8.38. The summed E-state index contributed by atoms with van der Waals surface area (Å²) in [5.41, 5.74) is -0.857. The van der Waals surface area contributed by atoms with Crippen molar-refractivity contribution in [2.75, 3.05) is 0 Å². The van der Waals surface area contributed by atoms with Crippen LogP contribution in [0.3, 0.4) is 0 Å². The molecular weight excluding hydrogens is 311 g/mol. The molecule has 1 N–H and O–H groups in total. The monoisotopic (exact) mass is 325 g/mol. The van der Waals surface area contributed by atoms with Gasteiger partial charge < -0.3 is 5.11 Å². The molecule has 6 heteroatoms. The normalized spacial score (nSPS) is 10.8. The molecule has 0 aliphatic carbocycles. The largest absolute Gasteiger partial charge is 0.481 e. The van der Waals surface area contributed by atoms with E-state index in [1.54, 1.807) is 20.8 Å². The number of rotatable bonds is 0. The van der Waals surface area contributed by atoms with Gasteiger partial charge in [-0.05, 0) is 26.3 Å². The van der Waals surface area contributed by atoms with E-state index < -0.39 is 23.1 Å². The number of carbonyl (C=O) groups is 1. The van der Waals surface area contributed by atoms with E-state index in [-0.39, 0.29) is 19.5 Å². The number of carboxylic acids is 1. The van der Waals surface area contributed by atoms with Crippen molar-refractivity contribution < 1.29 is 42.6 Å². The van der Waals surface area contributed by atoms with Gasteiger partial charge in [-0.25, -0.2) is 0 Å². The minimum absolute atomic E-state index is 0. The van der Waals surface area contributed by atoms with E-state index in [1.807, 2.05) is 0 Å². The molecule has 0 aliphatic heterocycles. The summed E-state index contributed by atoms with van der Waals surface area (Å²) in [5, 5.41) is 8.25. The SMILES string of the molecule is CC(C)(C)C(=O)O.[CH2-]c1cccc(C(F)(F)F)c1.[Zn]. The van der Waals surface area contributed by atoms with Crippen LogP contribution in [0.15, 0.2) is 24.3 Å². The van der Waals surface area contributed by atoms with Crippen molar-refractivity contribution in [2.45, 2.75) is 26.9 Å². The van der Waals surface area contributed by atoms with Gasteiger partial charge in [-0.3, -0.25) is 4.79 Å². The Morgan fingerprint density at radius 2 is 1.63 bits per heavy atom. The molecule has 0 saturated carbocycles. The molecule has 1 rings (SSSR count). The molecule has 0 spiro atoms. The van der Waals surface area contributed by atoms with E-state index >= 15 is 0 Å². The molecule has 0 fully saturated rings. The van der Waals surface area contributed by atoms with Crippen molar-refractivity contribution in [1.82, 2.24) is 0 Å². The Morgan fingerprint density at radius 3 is 1.84 bits per heavy atom. The number of halogens is 3. The molecular formula is C13H16F3O2Zn-. The third-order valence-electron chi connectivity index (χ3n) is 1.90. The molecule has 0 atom stereocenters. The fourth-order valence-electron chi connectivity index (χ4n) is 0.748. The summed E-state index contributed by atoms with van der Waals surface area (Å²) in [4.78, 5) is 10.0. The number of hydrogen-bond donors (Lipinski definition) is 1. The Balaban J connectivity index is 0. The first-order valence-electron chi connectivity index (χ1n) is 5.17. The van der Waals surface area contributed by atoms with Crippen molar-refractivity contribution in [3.8, 4) is 0 Å². The van der Waals surface area contributed by atoms with Crippen LogP contribution in [0, 0.1) is 12.3 Å². The second-order valence-corrected chi connectivity index (χ2v) is 4.75. The zero-order chi connectivity index (χ0) is 14.6. The van der Waals surface area contributed by atoms with Gasteiger partial charge in [0.1, 0.15) is 0 Å². The third kappa shape index (κ3) is 8.65. The van der Waals surface area contributed by atoms with Crippen LogP contribution in [0.4, 0.5) is 13.2 Å². The maximum Gasteiger partial charge on any atom is 0.405 e. The fourth-order valence-corrected chi connectivity index (χ4v) is 0.748. The van der Waals surface area contributed by atoms with E-state index in [4.69, 9.17) is 5.11 Å². The molecule has 1 aromatic carbocycles. The number of benzene rings is 1. The van der Waals surface area contributed by atoms with Crippen LogP contribution >= 0.6 is 0 Å². The minimum atomic E-state index is -4.26. The Kier molecular flexibility index (Phi) is 8.05. The molecule has 0 heterocycles. The standard InChI is InChI=1S/C8H6F3.C5H10O2.Zn/c1-6-3-2-4-7(5-6)8(9,10)11;1-5(2,3)4(6)7;/h2-5H,1H2;1-3H3,(H,6,7);/q-1;;. The molecule has 0 aliphatic rings. The second-order valence-electron chi connectivity index (χ2n) is 4.75. The van der Waals surface area contributed by atoms with Gasteiger partial charge in [0.2, 0.25) is 0 Å². The smallest absolute Gasteiger partial charge is 0.405 e. The van der Waals surface area contributed by atoms with Crippen LogP contribution in [-0.4, -0.2) is 11.1 Å². The molecule has 0 bridgehead atoms. The Morgan fingerprint density at radius 1 is 1.21 bits per heavy atom. The summed E-state index contributed by atoms with van der Waals surface area (Å²) in [7, 11) is 0. The molecule has 1 aromatic rings. The van der Waals surface area contributed by atoms with E-state index in [2.05, 4.69) is 6.92 Å². The zero-order valence-corrected chi connectivity index (χ0v) is 14.2. The molecule has 0 radical (unpaired) electrons. The third-order valence-corrected chi connectivity index (χ3v) is 1.90. The predicted octanol–water partition coefficient (Wildman–Crippen LogP) is 4.00. The van der Waals surface area contributed by atoms with Gasteiger partial charge in [-0.15, -0.1) is 6.07 Å². The molecule has 0 saturated heterocycles. The van der Waals surface area contributed by atoms with Crippen LogP contribution in [0.25, 0.3) is 0 Å². The predicted molar refractivity (Wildman–Crippen MR) is 63.0 cm³/mol. The Labute approximate surface area is 123 Å². The zero-order valence-electron chi connectivity index (χ0n) is 11.2. The molecule has 2 nitrogen and oxygen atoms in total. The molecule has 104 valence electrons. The summed E-state index contributed by atoms with van der Waals surface area (Å²) in [5.74, 6) is -0.757. The van der Waals surface area contributed by atoms with Crippen molar-refractivity contribution in [3.05, 3.63) is 42.3 Å². The van der Waals surface area contributed by atoms with Gasteiger partial charge >= 0.3 is 12.1 Å². The van der Waals surface area contributed by atoms with Gasteiger partial charge in [0.15, 0.2) is 0 Å². The maximum atomic E-state index is 11.9. The number of aliphatic carboxylic acids is 1. The van der Waals surface area contributed by atoms with Gasteiger partial charge in [-0.1, -0.05) is 6.07 Å². The quantitative estimate of drug-likeness (QED) is 0.578. The fraction of sp³-hybridized carbons (Fsp3) is 0.385. The molecule has 0 unspecified atom stereocenters. The molecule has 0 aromatic heterocycles. The van der Waals surface area contributed by atoms with Crippen molar-refractivity contribution >= 4 is 5.97 Å². The van der Waals surface area contributed by atoms with Gasteiger partial charge in [0.25, 0.3) is 0 Å².